The molecule has 0 amide bonds. The summed E-state index contributed by atoms with van der Waals surface area (Å²) in [5, 5.41) is 9.55. The molecule has 0 atom stereocenters. The molecule has 2 aromatic carbocycles. The van der Waals surface area contributed by atoms with Crippen LogP contribution in [-0.2, 0) is 6.18 Å². The predicted molar refractivity (Wildman–Crippen MR) is 105 cm³/mol. The first-order valence-electron chi connectivity index (χ1n) is 9.19. The standard InChI is InChI=1S/C22H17F4N3O/c1-12(2)20-21(16-7-6-15(30)9-17(16)23)29-11-18(27-10-19(29)28-20)13-4-3-5-14(8-13)22(24,25)26/h3-12,30H,1-2H3. The van der Waals surface area contributed by atoms with Crippen molar-refractivity contribution in [3.63, 3.8) is 0 Å². The molecule has 2 heterocycles. The summed E-state index contributed by atoms with van der Waals surface area (Å²) < 4.78 is 55.5. The van der Waals surface area contributed by atoms with Crippen molar-refractivity contribution in [2.45, 2.75) is 25.9 Å². The predicted octanol–water partition coefficient (Wildman–Crippen LogP) is 6.05. The van der Waals surface area contributed by atoms with Crippen LogP contribution in [0, 0.1) is 5.82 Å². The van der Waals surface area contributed by atoms with Gasteiger partial charge in [-0.3, -0.25) is 9.38 Å². The summed E-state index contributed by atoms with van der Waals surface area (Å²) in [6, 6.07) is 8.69. The van der Waals surface area contributed by atoms with Crippen LogP contribution >= 0.6 is 0 Å². The summed E-state index contributed by atoms with van der Waals surface area (Å²) in [6.45, 7) is 3.81. The highest BCUT2D eigenvalue weighted by Crippen LogP contribution is 2.35. The third-order valence-electron chi connectivity index (χ3n) is 4.78. The van der Waals surface area contributed by atoms with Crippen LogP contribution in [-0.4, -0.2) is 19.5 Å². The molecule has 0 spiro atoms. The number of benzene rings is 2. The van der Waals surface area contributed by atoms with Gasteiger partial charge >= 0.3 is 6.18 Å². The van der Waals surface area contributed by atoms with E-state index in [0.717, 1.165) is 18.2 Å². The molecular formula is C22H17F4N3O. The number of phenols is 1. The zero-order valence-electron chi connectivity index (χ0n) is 16.1. The Hall–Kier alpha value is -3.42. The van der Waals surface area contributed by atoms with Gasteiger partial charge in [0.15, 0.2) is 5.65 Å². The van der Waals surface area contributed by atoms with Gasteiger partial charge in [0.2, 0.25) is 0 Å². The summed E-state index contributed by atoms with van der Waals surface area (Å²) >= 11 is 0. The lowest BCUT2D eigenvalue weighted by Gasteiger charge is -2.11. The van der Waals surface area contributed by atoms with E-state index in [1.165, 1.54) is 30.5 Å². The average molecular weight is 415 g/mol. The summed E-state index contributed by atoms with van der Waals surface area (Å²) in [5.41, 5.74) is 1.54. The minimum absolute atomic E-state index is 0.0508. The first-order chi connectivity index (χ1) is 14.1. The highest BCUT2D eigenvalue weighted by atomic mass is 19.4. The molecule has 8 heteroatoms. The van der Waals surface area contributed by atoms with Crippen LogP contribution in [0.1, 0.15) is 31.0 Å². The zero-order chi connectivity index (χ0) is 21.6. The van der Waals surface area contributed by atoms with Crippen molar-refractivity contribution in [2.24, 2.45) is 0 Å². The molecule has 1 N–H and O–H groups in total. The number of hydrogen-bond acceptors (Lipinski definition) is 3. The van der Waals surface area contributed by atoms with Crippen LogP contribution in [0.15, 0.2) is 54.9 Å². The van der Waals surface area contributed by atoms with Gasteiger partial charge < -0.3 is 5.11 Å². The summed E-state index contributed by atoms with van der Waals surface area (Å²) in [5.74, 6) is -0.885. The highest BCUT2D eigenvalue weighted by molar-refractivity contribution is 5.71. The van der Waals surface area contributed by atoms with Gasteiger partial charge in [0, 0.05) is 23.4 Å². The van der Waals surface area contributed by atoms with E-state index in [-0.39, 0.29) is 22.8 Å². The minimum atomic E-state index is -4.47. The largest absolute Gasteiger partial charge is 0.508 e. The van der Waals surface area contributed by atoms with Gasteiger partial charge in [-0.15, -0.1) is 0 Å². The third kappa shape index (κ3) is 3.49. The molecule has 0 radical (unpaired) electrons. The van der Waals surface area contributed by atoms with E-state index in [1.807, 2.05) is 13.8 Å². The Balaban J connectivity index is 1.95. The molecule has 0 unspecified atom stereocenters. The van der Waals surface area contributed by atoms with E-state index in [1.54, 1.807) is 10.6 Å². The monoisotopic (exact) mass is 415 g/mol. The Morgan fingerprint density at radius 3 is 2.50 bits per heavy atom. The number of hydrogen-bond donors (Lipinski definition) is 1. The fourth-order valence-corrected chi connectivity index (χ4v) is 3.34. The van der Waals surface area contributed by atoms with E-state index in [4.69, 9.17) is 0 Å². The Kier molecular flexibility index (Phi) is 4.72. The van der Waals surface area contributed by atoms with Gasteiger partial charge in [-0.25, -0.2) is 9.37 Å². The van der Waals surface area contributed by atoms with Gasteiger partial charge in [-0.1, -0.05) is 26.0 Å². The molecule has 0 fully saturated rings. The van der Waals surface area contributed by atoms with Crippen molar-refractivity contribution in [1.82, 2.24) is 14.4 Å². The molecule has 0 saturated heterocycles. The molecule has 154 valence electrons. The van der Waals surface area contributed by atoms with E-state index < -0.39 is 17.6 Å². The Bertz CT molecular complexity index is 1250. The van der Waals surface area contributed by atoms with Crippen LogP contribution in [0.2, 0.25) is 0 Å². The van der Waals surface area contributed by atoms with Crippen LogP contribution in [0.4, 0.5) is 17.6 Å². The van der Waals surface area contributed by atoms with E-state index in [2.05, 4.69) is 9.97 Å². The second-order valence-electron chi connectivity index (χ2n) is 7.24. The smallest absolute Gasteiger partial charge is 0.416 e. The first-order valence-corrected chi connectivity index (χ1v) is 9.19. The van der Waals surface area contributed by atoms with Crippen molar-refractivity contribution in [3.05, 3.63) is 71.9 Å². The second-order valence-corrected chi connectivity index (χ2v) is 7.24. The fourth-order valence-electron chi connectivity index (χ4n) is 3.34. The maximum atomic E-state index is 14.7. The third-order valence-corrected chi connectivity index (χ3v) is 4.78. The molecule has 0 bridgehead atoms. The Labute approximate surface area is 169 Å². The van der Waals surface area contributed by atoms with Crippen molar-refractivity contribution in [2.75, 3.05) is 0 Å². The zero-order valence-corrected chi connectivity index (χ0v) is 16.1. The number of aromatic nitrogens is 3. The maximum Gasteiger partial charge on any atom is 0.416 e. The van der Waals surface area contributed by atoms with Gasteiger partial charge in [0.1, 0.15) is 11.6 Å². The molecule has 2 aromatic heterocycles. The molecule has 0 aliphatic heterocycles. The minimum Gasteiger partial charge on any atom is -0.508 e. The number of phenolic OH excluding ortho intramolecular Hbond substituents is 1. The molecule has 30 heavy (non-hydrogen) atoms. The fraction of sp³-hybridized carbons (Fsp3) is 0.182. The van der Waals surface area contributed by atoms with Gasteiger partial charge in [0.05, 0.1) is 28.8 Å². The molecule has 0 saturated carbocycles. The lowest BCUT2D eigenvalue weighted by molar-refractivity contribution is -0.137. The van der Waals surface area contributed by atoms with E-state index >= 15 is 0 Å². The number of fused-ring (bicyclic) bond motifs is 1. The van der Waals surface area contributed by atoms with Gasteiger partial charge in [-0.05, 0) is 30.2 Å². The van der Waals surface area contributed by atoms with Crippen LogP contribution in [0.3, 0.4) is 0 Å². The topological polar surface area (TPSA) is 50.4 Å². The number of alkyl halides is 3. The van der Waals surface area contributed by atoms with Crippen LogP contribution in [0.25, 0.3) is 28.2 Å². The number of aromatic hydroxyl groups is 1. The van der Waals surface area contributed by atoms with Crippen LogP contribution < -0.4 is 0 Å². The summed E-state index contributed by atoms with van der Waals surface area (Å²) in [6.07, 6.45) is -1.48. The highest BCUT2D eigenvalue weighted by Gasteiger charge is 2.30. The first kappa shape index (κ1) is 19.9. The number of imidazole rings is 1. The number of rotatable bonds is 3. The van der Waals surface area contributed by atoms with Crippen molar-refractivity contribution < 1.29 is 22.7 Å². The molecule has 0 aliphatic rings. The molecule has 4 nitrogen and oxygen atoms in total. The molecule has 0 aliphatic carbocycles. The molecule has 4 aromatic rings. The second kappa shape index (κ2) is 7.12. The quantitative estimate of drug-likeness (QED) is 0.415. The maximum absolute atomic E-state index is 14.7. The van der Waals surface area contributed by atoms with E-state index in [0.29, 0.717) is 22.7 Å². The number of nitrogens with zero attached hydrogens (tertiary/aromatic N) is 3. The molecular weight excluding hydrogens is 398 g/mol. The van der Waals surface area contributed by atoms with Gasteiger partial charge in [0.25, 0.3) is 0 Å². The van der Waals surface area contributed by atoms with Crippen molar-refractivity contribution in [3.8, 4) is 28.3 Å². The average Bonchev–Trinajstić information content (AvgIpc) is 3.06. The normalized spacial score (nSPS) is 12.1. The SMILES string of the molecule is CC(C)c1nc2cnc(-c3cccc(C(F)(F)F)c3)cn2c1-c1ccc(O)cc1F. The molecule has 4 rings (SSSR count). The lowest BCUT2D eigenvalue weighted by Crippen LogP contribution is -2.04. The Morgan fingerprint density at radius 2 is 1.83 bits per heavy atom. The number of halogens is 4. The Morgan fingerprint density at radius 1 is 1.07 bits per heavy atom. The summed E-state index contributed by atoms with van der Waals surface area (Å²) in [7, 11) is 0. The van der Waals surface area contributed by atoms with Crippen LogP contribution in [0.5, 0.6) is 5.75 Å². The van der Waals surface area contributed by atoms with E-state index in [9.17, 15) is 22.7 Å². The van der Waals surface area contributed by atoms with Gasteiger partial charge in [-0.2, -0.15) is 13.2 Å². The summed E-state index contributed by atoms with van der Waals surface area (Å²) in [4.78, 5) is 8.79. The van der Waals surface area contributed by atoms with Crippen molar-refractivity contribution in [1.29, 1.82) is 0 Å². The van der Waals surface area contributed by atoms with Crippen molar-refractivity contribution >= 4 is 5.65 Å². The lowest BCUT2D eigenvalue weighted by atomic mass is 10.0.